The van der Waals surface area contributed by atoms with Gasteiger partial charge in [0.05, 0.1) is 6.61 Å². The van der Waals surface area contributed by atoms with E-state index >= 15 is 0 Å². The third kappa shape index (κ3) is 2.42. The number of hydrogen-bond donors (Lipinski definition) is 2. The lowest BCUT2D eigenvalue weighted by Gasteiger charge is -2.25. The Balaban J connectivity index is 2.03. The second kappa shape index (κ2) is 4.53. The van der Waals surface area contributed by atoms with Crippen molar-refractivity contribution in [2.45, 2.75) is 13.3 Å². The number of hydrogen-bond acceptors (Lipinski definition) is 3. The van der Waals surface area contributed by atoms with Gasteiger partial charge < -0.3 is 15.2 Å². The Labute approximate surface area is 90.1 Å². The Morgan fingerprint density at radius 3 is 3.20 bits per heavy atom. The van der Waals surface area contributed by atoms with Crippen LogP contribution in [0, 0.1) is 5.92 Å². The molecule has 0 spiro atoms. The van der Waals surface area contributed by atoms with Gasteiger partial charge in [-0.1, -0.05) is 13.0 Å². The Kier molecular flexibility index (Phi) is 3.11. The lowest BCUT2D eigenvalue weighted by atomic mass is 9.96. The first kappa shape index (κ1) is 10.3. The smallest absolute Gasteiger partial charge is 0.126 e. The molecule has 2 N–H and O–H groups in total. The molecule has 2 rings (SSSR count). The van der Waals surface area contributed by atoms with E-state index < -0.39 is 0 Å². The molecule has 0 fully saturated rings. The Morgan fingerprint density at radius 2 is 2.40 bits per heavy atom. The van der Waals surface area contributed by atoms with Gasteiger partial charge in [0.25, 0.3) is 0 Å². The number of ether oxygens (including phenoxy) is 1. The predicted molar refractivity (Wildman–Crippen MR) is 59.3 cm³/mol. The molecule has 1 heterocycles. The molecule has 15 heavy (non-hydrogen) atoms. The van der Waals surface area contributed by atoms with E-state index in [1.165, 1.54) is 5.56 Å². The van der Waals surface area contributed by atoms with Crippen molar-refractivity contribution in [3.63, 3.8) is 0 Å². The summed E-state index contributed by atoms with van der Waals surface area (Å²) in [7, 11) is 0. The fourth-order valence-corrected chi connectivity index (χ4v) is 1.90. The van der Waals surface area contributed by atoms with Crippen LogP contribution in [0.25, 0.3) is 0 Å². The summed E-state index contributed by atoms with van der Waals surface area (Å²) in [6.07, 6.45) is 1.03. The van der Waals surface area contributed by atoms with E-state index in [1.807, 2.05) is 6.07 Å². The number of nitrogens with one attached hydrogen (secondary N) is 1. The summed E-state index contributed by atoms with van der Waals surface area (Å²) in [5, 5.41) is 12.6. The van der Waals surface area contributed by atoms with Crippen LogP contribution < -0.4 is 10.1 Å². The first-order chi connectivity index (χ1) is 7.29. The van der Waals surface area contributed by atoms with E-state index in [1.54, 1.807) is 12.1 Å². The Hall–Kier alpha value is -1.22. The number of fused-ring (bicyclic) bond motifs is 1. The van der Waals surface area contributed by atoms with Crippen LogP contribution in [0.3, 0.4) is 0 Å². The Bertz CT molecular complexity index is 338. The highest BCUT2D eigenvalue weighted by Gasteiger charge is 2.19. The third-order valence-electron chi connectivity index (χ3n) is 2.72. The normalized spacial score (nSPS) is 19.4. The van der Waals surface area contributed by atoms with Crippen molar-refractivity contribution in [3.05, 3.63) is 23.8 Å². The van der Waals surface area contributed by atoms with Gasteiger partial charge in [0, 0.05) is 18.5 Å². The number of rotatable bonds is 3. The van der Waals surface area contributed by atoms with E-state index in [2.05, 4.69) is 12.2 Å². The van der Waals surface area contributed by atoms with Crippen LogP contribution in [0.2, 0.25) is 0 Å². The van der Waals surface area contributed by atoms with Gasteiger partial charge in [0.1, 0.15) is 11.5 Å². The summed E-state index contributed by atoms with van der Waals surface area (Å²) in [6, 6.07) is 5.36. The fraction of sp³-hybridized carbons (Fsp3) is 0.500. The highest BCUT2D eigenvalue weighted by atomic mass is 16.5. The Morgan fingerprint density at radius 1 is 1.53 bits per heavy atom. The average Bonchev–Trinajstić information content (AvgIpc) is 2.26. The van der Waals surface area contributed by atoms with Crippen molar-refractivity contribution in [2.24, 2.45) is 5.92 Å². The molecule has 0 saturated heterocycles. The molecule has 1 aliphatic heterocycles. The van der Waals surface area contributed by atoms with Gasteiger partial charge in [-0.05, 0) is 24.6 Å². The molecule has 0 bridgehead atoms. The second-order valence-corrected chi connectivity index (χ2v) is 3.98. The molecule has 0 saturated carbocycles. The number of phenols is 1. The van der Waals surface area contributed by atoms with Crippen molar-refractivity contribution >= 4 is 0 Å². The molecule has 1 aliphatic rings. The zero-order valence-corrected chi connectivity index (χ0v) is 8.99. The molecule has 1 unspecified atom stereocenters. The highest BCUT2D eigenvalue weighted by Crippen LogP contribution is 2.30. The maximum absolute atomic E-state index is 9.30. The summed E-state index contributed by atoms with van der Waals surface area (Å²) >= 11 is 0. The van der Waals surface area contributed by atoms with Crippen molar-refractivity contribution < 1.29 is 9.84 Å². The molecule has 1 atom stereocenters. The van der Waals surface area contributed by atoms with Gasteiger partial charge in [-0.3, -0.25) is 0 Å². The van der Waals surface area contributed by atoms with Crippen molar-refractivity contribution in [3.8, 4) is 11.5 Å². The van der Waals surface area contributed by atoms with Crippen molar-refractivity contribution in [1.29, 1.82) is 0 Å². The number of phenolic OH excluding ortho intramolecular Hbond substituents is 1. The van der Waals surface area contributed by atoms with Gasteiger partial charge in [-0.2, -0.15) is 0 Å². The molecule has 0 aromatic heterocycles. The van der Waals surface area contributed by atoms with Crippen LogP contribution in [0.15, 0.2) is 18.2 Å². The van der Waals surface area contributed by atoms with E-state index in [-0.39, 0.29) is 5.75 Å². The molecule has 1 aromatic carbocycles. The van der Waals surface area contributed by atoms with Crippen molar-refractivity contribution in [2.75, 3.05) is 19.7 Å². The first-order valence-corrected chi connectivity index (χ1v) is 5.45. The summed E-state index contributed by atoms with van der Waals surface area (Å²) in [6.45, 7) is 4.84. The summed E-state index contributed by atoms with van der Waals surface area (Å²) in [5.41, 5.74) is 1.20. The SMILES string of the molecule is CCNCC1COc2cc(O)ccc2C1. The third-order valence-corrected chi connectivity index (χ3v) is 2.72. The van der Waals surface area contributed by atoms with Gasteiger partial charge in [0.2, 0.25) is 0 Å². The van der Waals surface area contributed by atoms with Crippen LogP contribution in [0.4, 0.5) is 0 Å². The maximum atomic E-state index is 9.30. The minimum absolute atomic E-state index is 0.277. The monoisotopic (exact) mass is 207 g/mol. The maximum Gasteiger partial charge on any atom is 0.126 e. The summed E-state index contributed by atoms with van der Waals surface area (Å²) in [4.78, 5) is 0. The van der Waals surface area contributed by atoms with E-state index in [0.717, 1.165) is 31.9 Å². The van der Waals surface area contributed by atoms with Crippen LogP contribution in [0.1, 0.15) is 12.5 Å². The molecule has 0 radical (unpaired) electrons. The quantitative estimate of drug-likeness (QED) is 0.790. The first-order valence-electron chi connectivity index (χ1n) is 5.45. The molecular formula is C12H17NO2. The van der Waals surface area contributed by atoms with Crippen LogP contribution in [-0.4, -0.2) is 24.8 Å². The van der Waals surface area contributed by atoms with Gasteiger partial charge in [-0.25, -0.2) is 0 Å². The lowest BCUT2D eigenvalue weighted by molar-refractivity contribution is 0.218. The minimum Gasteiger partial charge on any atom is -0.508 e. The summed E-state index contributed by atoms with van der Waals surface area (Å²) < 4.78 is 5.61. The van der Waals surface area contributed by atoms with Gasteiger partial charge in [0.15, 0.2) is 0 Å². The van der Waals surface area contributed by atoms with E-state index in [4.69, 9.17) is 4.74 Å². The van der Waals surface area contributed by atoms with Crippen LogP contribution in [-0.2, 0) is 6.42 Å². The second-order valence-electron chi connectivity index (χ2n) is 3.98. The highest BCUT2D eigenvalue weighted by molar-refractivity contribution is 5.41. The molecular weight excluding hydrogens is 190 g/mol. The number of aromatic hydroxyl groups is 1. The van der Waals surface area contributed by atoms with E-state index in [9.17, 15) is 5.11 Å². The predicted octanol–water partition coefficient (Wildman–Crippen LogP) is 1.55. The fourth-order valence-electron chi connectivity index (χ4n) is 1.90. The number of benzene rings is 1. The lowest BCUT2D eigenvalue weighted by Crippen LogP contribution is -2.31. The topological polar surface area (TPSA) is 41.5 Å². The molecule has 82 valence electrons. The standard InChI is InChI=1S/C12H17NO2/c1-2-13-7-9-5-10-3-4-11(14)6-12(10)15-8-9/h3-4,6,9,13-14H,2,5,7-8H2,1H3. The van der Waals surface area contributed by atoms with E-state index in [0.29, 0.717) is 5.92 Å². The summed E-state index contributed by atoms with van der Waals surface area (Å²) in [5.74, 6) is 1.66. The molecule has 1 aromatic rings. The van der Waals surface area contributed by atoms with Gasteiger partial charge in [-0.15, -0.1) is 0 Å². The molecule has 3 nitrogen and oxygen atoms in total. The van der Waals surface area contributed by atoms with Gasteiger partial charge >= 0.3 is 0 Å². The molecule has 0 amide bonds. The zero-order valence-electron chi connectivity index (χ0n) is 8.99. The molecule has 3 heteroatoms. The minimum atomic E-state index is 0.277. The zero-order chi connectivity index (χ0) is 10.7. The average molecular weight is 207 g/mol. The van der Waals surface area contributed by atoms with Crippen LogP contribution >= 0.6 is 0 Å². The van der Waals surface area contributed by atoms with Crippen molar-refractivity contribution in [1.82, 2.24) is 5.32 Å². The van der Waals surface area contributed by atoms with Crippen LogP contribution in [0.5, 0.6) is 11.5 Å². The largest absolute Gasteiger partial charge is 0.508 e. The molecule has 0 aliphatic carbocycles.